The van der Waals surface area contributed by atoms with Gasteiger partial charge in [0.1, 0.15) is 0 Å². The molecule has 0 aromatic carbocycles. The quantitative estimate of drug-likeness (QED) is 0.334. The van der Waals surface area contributed by atoms with Crippen molar-refractivity contribution in [1.29, 1.82) is 0 Å². The van der Waals surface area contributed by atoms with Crippen LogP contribution in [0.1, 0.15) is 79.1 Å². The molecule has 0 saturated carbocycles. The Hall–Kier alpha value is 0.103. The summed E-state index contributed by atoms with van der Waals surface area (Å²) in [7, 11) is 0. The Bertz CT molecular complexity index is 212. The Morgan fingerprint density at radius 1 is 0.667 bits per heavy atom. The molecule has 0 saturated heterocycles. The van der Waals surface area contributed by atoms with Gasteiger partial charge in [0.05, 0.1) is 0 Å². The third-order valence-corrected chi connectivity index (χ3v) is 13.5. The fraction of sp³-hybridized carbons (Fsp3) is 0.882. The van der Waals surface area contributed by atoms with Crippen LogP contribution < -0.4 is 0 Å². The van der Waals surface area contributed by atoms with E-state index in [1.165, 1.54) is 60.7 Å². The van der Waals surface area contributed by atoms with Crippen LogP contribution in [-0.4, -0.2) is 13.3 Å². The topological polar surface area (TPSA) is 0 Å². The first kappa shape index (κ1) is 18.1. The van der Waals surface area contributed by atoms with Gasteiger partial charge in [-0.05, 0) is 0 Å². The molecule has 0 amide bonds. The Morgan fingerprint density at radius 3 is 1.44 bits per heavy atom. The van der Waals surface area contributed by atoms with E-state index in [4.69, 9.17) is 0 Å². The van der Waals surface area contributed by atoms with E-state index in [1.54, 1.807) is 0 Å². The molecule has 0 nitrogen and oxygen atoms in total. The van der Waals surface area contributed by atoms with Gasteiger partial charge in [-0.3, -0.25) is 0 Å². The van der Waals surface area contributed by atoms with Gasteiger partial charge in [-0.2, -0.15) is 0 Å². The molecule has 1 heteroatoms. The first-order valence-corrected chi connectivity index (χ1v) is 13.7. The molecule has 0 aliphatic rings. The molecule has 0 N–H and O–H groups in total. The summed E-state index contributed by atoms with van der Waals surface area (Å²) in [5, 5.41) is 4.52. The van der Waals surface area contributed by atoms with E-state index in [9.17, 15) is 0 Å². The molecule has 0 atom stereocenters. The maximum atomic E-state index is 3.88. The molecule has 0 rings (SSSR count). The van der Waals surface area contributed by atoms with Gasteiger partial charge in [-0.25, -0.2) is 0 Å². The zero-order chi connectivity index (χ0) is 13.7. The monoisotopic (exact) mass is 312 g/mol. The fourth-order valence-electron chi connectivity index (χ4n) is 2.48. The molecule has 0 aromatic heterocycles. The van der Waals surface area contributed by atoms with Crippen molar-refractivity contribution >= 4 is 13.3 Å². The molecule has 0 radical (unpaired) electrons. The van der Waals surface area contributed by atoms with Gasteiger partial charge in [-0.15, -0.1) is 0 Å². The summed E-state index contributed by atoms with van der Waals surface area (Å²) >= 11 is -1.82. The predicted molar refractivity (Wildman–Crippen MR) is 87.6 cm³/mol. The molecule has 0 heterocycles. The Morgan fingerprint density at radius 2 is 1.11 bits per heavy atom. The SMILES string of the molecule is CCCC#[C][Ge]([CH2]CCC)([CH2]CCC)[CH2]CCC. The number of unbranched alkanes of at least 4 members (excludes halogenated alkanes) is 4. The van der Waals surface area contributed by atoms with Crippen LogP contribution in [0.25, 0.3) is 0 Å². The van der Waals surface area contributed by atoms with E-state index in [1.807, 2.05) is 0 Å². The van der Waals surface area contributed by atoms with E-state index in [0.717, 1.165) is 6.42 Å². The van der Waals surface area contributed by atoms with E-state index < -0.39 is 13.3 Å². The van der Waals surface area contributed by atoms with Gasteiger partial charge < -0.3 is 0 Å². The third-order valence-electron chi connectivity index (χ3n) is 3.76. The van der Waals surface area contributed by atoms with Crippen LogP contribution in [0.4, 0.5) is 0 Å². The van der Waals surface area contributed by atoms with Gasteiger partial charge in [0, 0.05) is 0 Å². The molecule has 18 heavy (non-hydrogen) atoms. The Balaban J connectivity index is 4.69. The van der Waals surface area contributed by atoms with Crippen LogP contribution in [0, 0.1) is 10.7 Å². The standard InChI is InChI=1S/C17H34Ge/c1-5-9-13-17-18(14-10-6-2,15-11-7-3)16-12-8-4/h5-12,14-16H2,1-4H3. The molecular formula is C17H34Ge. The average Bonchev–Trinajstić information content (AvgIpc) is 2.40. The summed E-state index contributed by atoms with van der Waals surface area (Å²) < 4.78 is 3.88. The summed E-state index contributed by atoms with van der Waals surface area (Å²) in [4.78, 5) is 0. The first-order chi connectivity index (χ1) is 8.74. The van der Waals surface area contributed by atoms with E-state index in [2.05, 4.69) is 38.4 Å². The number of hydrogen-bond donors (Lipinski definition) is 0. The van der Waals surface area contributed by atoms with E-state index >= 15 is 0 Å². The molecule has 0 fully saturated rings. The number of rotatable bonds is 10. The van der Waals surface area contributed by atoms with Crippen molar-refractivity contribution in [2.75, 3.05) is 0 Å². The van der Waals surface area contributed by atoms with Crippen molar-refractivity contribution in [3.8, 4) is 10.7 Å². The molecule has 0 unspecified atom stereocenters. The maximum absolute atomic E-state index is 3.88. The van der Waals surface area contributed by atoms with Crippen LogP contribution >= 0.6 is 0 Å². The molecule has 0 spiro atoms. The van der Waals surface area contributed by atoms with Gasteiger partial charge in [-0.1, -0.05) is 0 Å². The van der Waals surface area contributed by atoms with Crippen molar-refractivity contribution in [2.45, 2.75) is 94.8 Å². The summed E-state index contributed by atoms with van der Waals surface area (Å²) in [6.45, 7) is 9.22. The molecule has 0 aromatic rings. The zero-order valence-corrected chi connectivity index (χ0v) is 15.4. The van der Waals surface area contributed by atoms with Crippen molar-refractivity contribution in [3.63, 3.8) is 0 Å². The van der Waals surface area contributed by atoms with Crippen LogP contribution in [-0.2, 0) is 0 Å². The Kier molecular flexibility index (Phi) is 12.2. The first-order valence-electron chi connectivity index (χ1n) is 8.24. The molecule has 0 aliphatic heterocycles. The van der Waals surface area contributed by atoms with Gasteiger partial charge in [0.15, 0.2) is 0 Å². The van der Waals surface area contributed by atoms with E-state index in [-0.39, 0.29) is 0 Å². The molecule has 0 aliphatic carbocycles. The number of hydrogen-bond acceptors (Lipinski definition) is 0. The summed E-state index contributed by atoms with van der Waals surface area (Å²) in [6.07, 6.45) is 10.7. The second kappa shape index (κ2) is 12.2. The molecule has 0 bridgehead atoms. The van der Waals surface area contributed by atoms with Crippen LogP contribution in [0.15, 0.2) is 0 Å². The van der Waals surface area contributed by atoms with Gasteiger partial charge in [0.25, 0.3) is 0 Å². The summed E-state index contributed by atoms with van der Waals surface area (Å²) in [5.41, 5.74) is 0. The summed E-state index contributed by atoms with van der Waals surface area (Å²) in [6, 6.07) is 0. The van der Waals surface area contributed by atoms with Crippen LogP contribution in [0.2, 0.25) is 15.8 Å². The van der Waals surface area contributed by atoms with E-state index in [0.29, 0.717) is 0 Å². The van der Waals surface area contributed by atoms with Crippen LogP contribution in [0.5, 0.6) is 0 Å². The zero-order valence-electron chi connectivity index (χ0n) is 13.3. The van der Waals surface area contributed by atoms with Gasteiger partial charge >= 0.3 is 119 Å². The Labute approximate surface area is 119 Å². The second-order valence-electron chi connectivity index (χ2n) is 5.64. The minimum atomic E-state index is -1.82. The second-order valence-corrected chi connectivity index (χ2v) is 14.7. The minimum absolute atomic E-state index is 1.12. The predicted octanol–water partition coefficient (Wildman–Crippen LogP) is 6.18. The van der Waals surface area contributed by atoms with Crippen molar-refractivity contribution in [3.05, 3.63) is 0 Å². The van der Waals surface area contributed by atoms with Crippen molar-refractivity contribution in [1.82, 2.24) is 0 Å². The summed E-state index contributed by atoms with van der Waals surface area (Å²) in [5.74, 6) is 3.54. The van der Waals surface area contributed by atoms with Crippen LogP contribution in [0.3, 0.4) is 0 Å². The van der Waals surface area contributed by atoms with Crippen molar-refractivity contribution in [2.24, 2.45) is 0 Å². The fourth-order valence-corrected chi connectivity index (χ4v) is 12.4. The normalized spacial score (nSPS) is 11.1. The third kappa shape index (κ3) is 8.25. The molecular weight excluding hydrogens is 277 g/mol. The van der Waals surface area contributed by atoms with Crippen molar-refractivity contribution < 1.29 is 0 Å². The average molecular weight is 311 g/mol. The van der Waals surface area contributed by atoms with Gasteiger partial charge in [0.2, 0.25) is 0 Å². The molecule has 106 valence electrons.